The van der Waals surface area contributed by atoms with Crippen molar-refractivity contribution in [3.63, 3.8) is 0 Å². The zero-order valence-electron chi connectivity index (χ0n) is 21.8. The van der Waals surface area contributed by atoms with Crippen molar-refractivity contribution in [1.82, 2.24) is 20.9 Å². The molecule has 2 saturated heterocycles. The Morgan fingerprint density at radius 2 is 1.62 bits per heavy atom. The van der Waals surface area contributed by atoms with E-state index in [0.717, 1.165) is 0 Å². The van der Waals surface area contributed by atoms with E-state index in [2.05, 4.69) is 10.6 Å². The lowest BCUT2D eigenvalue weighted by Gasteiger charge is -2.36. The summed E-state index contributed by atoms with van der Waals surface area (Å²) in [5.74, 6) is -12.7. The minimum Gasteiger partial charge on any atom is -0.356 e. The summed E-state index contributed by atoms with van der Waals surface area (Å²) in [4.78, 5) is 50.2. The van der Waals surface area contributed by atoms with Crippen molar-refractivity contribution in [2.45, 2.75) is 81.6 Å². The van der Waals surface area contributed by atoms with Crippen LogP contribution in [-0.2, 0) is 19.2 Å². The van der Waals surface area contributed by atoms with Gasteiger partial charge in [-0.15, -0.1) is 0 Å². The van der Waals surface area contributed by atoms with Gasteiger partial charge in [-0.3, -0.25) is 19.2 Å². The number of nitrogens with zero attached hydrogens (tertiary/aromatic N) is 2. The first-order valence-electron chi connectivity index (χ1n) is 13.1. The van der Waals surface area contributed by atoms with Gasteiger partial charge in [0, 0.05) is 31.5 Å². The molecule has 3 aliphatic rings. The number of carbonyl (C=O) groups excluding carboxylic acids is 4. The molecule has 3 N–H and O–H groups in total. The molecule has 9 nitrogen and oxygen atoms in total. The van der Waals surface area contributed by atoms with Crippen molar-refractivity contribution in [3.05, 3.63) is 0 Å². The third kappa shape index (κ3) is 7.77. The van der Waals surface area contributed by atoms with Crippen LogP contribution < -0.4 is 16.0 Å². The van der Waals surface area contributed by atoms with E-state index < -0.39 is 91.0 Å². The van der Waals surface area contributed by atoms with Crippen molar-refractivity contribution in [2.24, 2.45) is 23.7 Å². The van der Waals surface area contributed by atoms with Crippen molar-refractivity contribution >= 4 is 23.6 Å². The third-order valence-electron chi connectivity index (χ3n) is 7.98. The number of halogens is 9. The Kier molecular flexibility index (Phi) is 9.92. The largest absolute Gasteiger partial charge is 0.471 e. The van der Waals surface area contributed by atoms with Crippen LogP contribution in [0.4, 0.5) is 39.5 Å². The average molecular weight is 622 g/mol. The van der Waals surface area contributed by atoms with Gasteiger partial charge in [0.15, 0.2) is 5.92 Å². The van der Waals surface area contributed by atoms with Gasteiger partial charge in [0.2, 0.25) is 17.7 Å². The van der Waals surface area contributed by atoms with Crippen LogP contribution in [0.25, 0.3) is 0 Å². The molecule has 1 saturated carbocycles. The number of amides is 4. The van der Waals surface area contributed by atoms with Gasteiger partial charge in [0.25, 0.3) is 0 Å². The Balaban J connectivity index is 1.86. The van der Waals surface area contributed by atoms with Crippen molar-refractivity contribution < 1.29 is 58.7 Å². The minimum atomic E-state index is -6.27. The molecule has 2 aliphatic heterocycles. The summed E-state index contributed by atoms with van der Waals surface area (Å²) in [5, 5.41) is 15.0. The summed E-state index contributed by atoms with van der Waals surface area (Å²) in [6.07, 6.45) is -16.8. The van der Waals surface area contributed by atoms with E-state index in [1.807, 2.05) is 6.07 Å². The van der Waals surface area contributed by atoms with Crippen LogP contribution in [0, 0.1) is 35.0 Å². The summed E-state index contributed by atoms with van der Waals surface area (Å²) in [5.41, 5.74) is 0. The molecule has 236 valence electrons. The summed E-state index contributed by atoms with van der Waals surface area (Å²) < 4.78 is 120. The maximum Gasteiger partial charge on any atom is 0.471 e. The Hall–Kier alpha value is -3.26. The lowest BCUT2D eigenvalue weighted by atomic mass is 9.90. The van der Waals surface area contributed by atoms with E-state index in [1.54, 1.807) is 0 Å². The molecule has 0 aromatic carbocycles. The molecule has 0 spiro atoms. The molecular weight excluding hydrogens is 593 g/mol. The van der Waals surface area contributed by atoms with Gasteiger partial charge in [-0.1, -0.05) is 6.42 Å². The van der Waals surface area contributed by atoms with Gasteiger partial charge < -0.3 is 20.9 Å². The quantitative estimate of drug-likeness (QED) is 0.359. The SMILES string of the molecule is N#C[C@H](C[C@@H]1CCCNC1=O)NC(=O)C[C@@H]1[C@H]2CCC[C@H]2CN1C(=O)C(NC(=O)C(F)(F)F)C(C(F)(F)F)C(F)(F)F. The zero-order valence-corrected chi connectivity index (χ0v) is 21.8. The van der Waals surface area contributed by atoms with Gasteiger partial charge in [0.1, 0.15) is 12.1 Å². The molecule has 1 unspecified atom stereocenters. The minimum absolute atomic E-state index is 0.0716. The molecule has 2 heterocycles. The van der Waals surface area contributed by atoms with Gasteiger partial charge >= 0.3 is 24.4 Å². The van der Waals surface area contributed by atoms with Crippen LogP contribution in [0.15, 0.2) is 0 Å². The van der Waals surface area contributed by atoms with Crippen molar-refractivity contribution in [3.8, 4) is 6.07 Å². The first kappa shape index (κ1) is 33.2. The monoisotopic (exact) mass is 621 g/mol. The van der Waals surface area contributed by atoms with E-state index in [9.17, 15) is 64.0 Å². The summed E-state index contributed by atoms with van der Waals surface area (Å²) in [7, 11) is 0. The standard InChI is InChI=1S/C24H28F9N5O4/c25-22(26,27)18(23(28,29)30)17(37-21(42)24(31,32)33)20(41)38-10-12-3-1-5-14(12)15(38)8-16(39)36-13(9-34)7-11-4-2-6-35-19(11)40/h11-15,17-18H,1-8,10H2,(H,35,40)(H,36,39)(H,37,42)/t11-,12-,13-,14-,15+,17?/m0/s1. The molecule has 0 aromatic rings. The lowest BCUT2D eigenvalue weighted by molar-refractivity contribution is -0.290. The lowest BCUT2D eigenvalue weighted by Crippen LogP contribution is -2.62. The normalized spacial score (nSPS) is 26.2. The summed E-state index contributed by atoms with van der Waals surface area (Å²) in [6, 6.07) is -4.39. The summed E-state index contributed by atoms with van der Waals surface area (Å²) in [6.45, 7) is 0.00710. The maximum atomic E-state index is 13.6. The Morgan fingerprint density at radius 1 is 0.976 bits per heavy atom. The van der Waals surface area contributed by atoms with E-state index >= 15 is 0 Å². The highest BCUT2D eigenvalue weighted by molar-refractivity contribution is 5.91. The number of hydrogen-bond donors (Lipinski definition) is 3. The zero-order chi connectivity index (χ0) is 31.6. The number of hydrogen-bond acceptors (Lipinski definition) is 5. The molecule has 3 rings (SSSR count). The number of piperidine rings is 1. The number of fused-ring (bicyclic) bond motifs is 1. The van der Waals surface area contributed by atoms with Gasteiger partial charge in [-0.05, 0) is 43.9 Å². The van der Waals surface area contributed by atoms with E-state index in [-0.39, 0.29) is 12.3 Å². The van der Waals surface area contributed by atoms with Crippen molar-refractivity contribution in [2.75, 3.05) is 13.1 Å². The maximum absolute atomic E-state index is 13.6. The van der Waals surface area contributed by atoms with Crippen LogP contribution in [0.2, 0.25) is 0 Å². The first-order chi connectivity index (χ1) is 19.3. The second kappa shape index (κ2) is 12.5. The van der Waals surface area contributed by atoms with E-state index in [1.165, 1.54) is 0 Å². The molecule has 3 fully saturated rings. The fourth-order valence-electron chi connectivity index (χ4n) is 6.12. The average Bonchev–Trinajstić information content (AvgIpc) is 3.44. The van der Waals surface area contributed by atoms with Gasteiger partial charge in [-0.2, -0.15) is 44.8 Å². The van der Waals surface area contributed by atoms with Crippen LogP contribution in [-0.4, -0.2) is 78.3 Å². The highest BCUT2D eigenvalue weighted by atomic mass is 19.4. The fraction of sp³-hybridized carbons (Fsp3) is 0.792. The van der Waals surface area contributed by atoms with Crippen LogP contribution in [0.5, 0.6) is 0 Å². The van der Waals surface area contributed by atoms with Crippen molar-refractivity contribution in [1.29, 1.82) is 5.26 Å². The smallest absolute Gasteiger partial charge is 0.356 e. The number of rotatable bonds is 8. The molecule has 4 amide bonds. The Morgan fingerprint density at radius 3 is 2.17 bits per heavy atom. The first-order valence-corrected chi connectivity index (χ1v) is 13.1. The van der Waals surface area contributed by atoms with E-state index in [4.69, 9.17) is 0 Å². The Labute approximate surface area is 233 Å². The number of likely N-dealkylation sites (tertiary alicyclic amines) is 1. The van der Waals surface area contributed by atoms with Crippen LogP contribution >= 0.6 is 0 Å². The molecule has 1 aliphatic carbocycles. The number of carbonyl (C=O) groups is 4. The third-order valence-corrected chi connectivity index (χ3v) is 7.98. The highest BCUT2D eigenvalue weighted by Gasteiger charge is 2.64. The predicted molar refractivity (Wildman–Crippen MR) is 122 cm³/mol. The second-order valence-corrected chi connectivity index (χ2v) is 10.7. The predicted octanol–water partition coefficient (Wildman–Crippen LogP) is 2.72. The second-order valence-electron chi connectivity index (χ2n) is 10.7. The van der Waals surface area contributed by atoms with Crippen LogP contribution in [0.1, 0.15) is 44.9 Å². The van der Waals surface area contributed by atoms with Gasteiger partial charge in [0.05, 0.1) is 6.07 Å². The van der Waals surface area contributed by atoms with E-state index in [0.29, 0.717) is 48.9 Å². The Bertz CT molecular complexity index is 1070. The molecule has 18 heteroatoms. The number of nitriles is 1. The molecule has 0 aromatic heterocycles. The topological polar surface area (TPSA) is 131 Å². The molecule has 6 atom stereocenters. The number of nitrogens with one attached hydrogen (secondary N) is 3. The fourth-order valence-corrected chi connectivity index (χ4v) is 6.12. The molecule has 0 radical (unpaired) electrons. The molecular formula is C24H28F9N5O4. The van der Waals surface area contributed by atoms with Gasteiger partial charge in [-0.25, -0.2) is 0 Å². The highest BCUT2D eigenvalue weighted by Crippen LogP contribution is 2.46. The van der Waals surface area contributed by atoms with Crippen LogP contribution in [0.3, 0.4) is 0 Å². The summed E-state index contributed by atoms with van der Waals surface area (Å²) >= 11 is 0. The number of alkyl halides is 9. The molecule has 42 heavy (non-hydrogen) atoms. The molecule has 0 bridgehead atoms.